The molecular formula is C18H23N3O3. The Morgan fingerprint density at radius 1 is 1.21 bits per heavy atom. The number of rotatable bonds is 5. The highest BCUT2D eigenvalue weighted by Crippen LogP contribution is 2.35. The van der Waals surface area contributed by atoms with E-state index in [1.165, 1.54) is 0 Å². The highest BCUT2D eigenvalue weighted by atomic mass is 16.5. The van der Waals surface area contributed by atoms with Gasteiger partial charge in [-0.2, -0.15) is 4.98 Å². The molecule has 1 aliphatic rings. The first-order valence-electron chi connectivity index (χ1n) is 8.39. The van der Waals surface area contributed by atoms with Gasteiger partial charge in [0.1, 0.15) is 11.3 Å². The van der Waals surface area contributed by atoms with Crippen LogP contribution in [-0.2, 0) is 10.3 Å². The highest BCUT2D eigenvalue weighted by Gasteiger charge is 2.39. The van der Waals surface area contributed by atoms with E-state index < -0.39 is 5.54 Å². The standard InChI is InChI=1S/C18H23N3O3/c1-13-6-8-15(9-7-13)23-12-16(22)20-18(10-4-3-5-11-18)17-19-14(2)24-21-17/h6-9H,3-5,10-12H2,1-2H3,(H,20,22). The maximum atomic E-state index is 12.4. The van der Waals surface area contributed by atoms with Crippen LogP contribution in [0.15, 0.2) is 28.8 Å². The van der Waals surface area contributed by atoms with Crippen LogP contribution < -0.4 is 10.1 Å². The fraction of sp³-hybridized carbons (Fsp3) is 0.500. The van der Waals surface area contributed by atoms with E-state index in [4.69, 9.17) is 9.26 Å². The van der Waals surface area contributed by atoms with E-state index in [9.17, 15) is 4.79 Å². The van der Waals surface area contributed by atoms with Gasteiger partial charge < -0.3 is 14.6 Å². The van der Waals surface area contributed by atoms with Crippen LogP contribution in [0.3, 0.4) is 0 Å². The minimum Gasteiger partial charge on any atom is -0.484 e. The van der Waals surface area contributed by atoms with Crippen LogP contribution in [0.25, 0.3) is 0 Å². The van der Waals surface area contributed by atoms with Crippen molar-refractivity contribution in [3.63, 3.8) is 0 Å². The quantitative estimate of drug-likeness (QED) is 0.912. The molecule has 6 nitrogen and oxygen atoms in total. The molecule has 1 N–H and O–H groups in total. The molecule has 1 heterocycles. The first-order chi connectivity index (χ1) is 11.6. The molecule has 6 heteroatoms. The summed E-state index contributed by atoms with van der Waals surface area (Å²) < 4.78 is 10.7. The summed E-state index contributed by atoms with van der Waals surface area (Å²) in [4.78, 5) is 16.8. The SMILES string of the molecule is Cc1ccc(OCC(=O)NC2(c3noc(C)n3)CCCCC2)cc1. The van der Waals surface area contributed by atoms with Crippen molar-refractivity contribution >= 4 is 5.91 Å². The predicted molar refractivity (Wildman–Crippen MR) is 88.6 cm³/mol. The van der Waals surface area contributed by atoms with Gasteiger partial charge in [0.15, 0.2) is 12.4 Å². The smallest absolute Gasteiger partial charge is 0.258 e. The molecule has 0 spiro atoms. The fourth-order valence-electron chi connectivity index (χ4n) is 3.14. The molecule has 1 aliphatic carbocycles. The summed E-state index contributed by atoms with van der Waals surface area (Å²) in [5.41, 5.74) is 0.615. The number of nitrogens with zero attached hydrogens (tertiary/aromatic N) is 2. The van der Waals surface area contributed by atoms with Gasteiger partial charge in [-0.3, -0.25) is 4.79 Å². The van der Waals surface area contributed by atoms with Crippen LogP contribution >= 0.6 is 0 Å². The van der Waals surface area contributed by atoms with Crippen LogP contribution in [0.5, 0.6) is 5.75 Å². The van der Waals surface area contributed by atoms with E-state index in [-0.39, 0.29) is 12.5 Å². The molecule has 0 radical (unpaired) electrons. The summed E-state index contributed by atoms with van der Waals surface area (Å²) >= 11 is 0. The average Bonchev–Trinajstić information content (AvgIpc) is 3.02. The molecule has 1 amide bonds. The Labute approximate surface area is 141 Å². The van der Waals surface area contributed by atoms with Crippen molar-refractivity contribution in [3.8, 4) is 5.75 Å². The second-order valence-electron chi connectivity index (χ2n) is 6.43. The van der Waals surface area contributed by atoms with Gasteiger partial charge in [0.05, 0.1) is 0 Å². The highest BCUT2D eigenvalue weighted by molar-refractivity contribution is 5.78. The average molecular weight is 329 g/mol. The Bertz CT molecular complexity index is 688. The number of carbonyl (C=O) groups is 1. The third kappa shape index (κ3) is 3.75. The molecule has 1 aromatic carbocycles. The Kier molecular flexibility index (Phi) is 4.83. The lowest BCUT2D eigenvalue weighted by molar-refractivity contribution is -0.125. The zero-order chi connectivity index (χ0) is 17.0. The monoisotopic (exact) mass is 329 g/mol. The van der Waals surface area contributed by atoms with Gasteiger partial charge >= 0.3 is 0 Å². The van der Waals surface area contributed by atoms with E-state index >= 15 is 0 Å². The van der Waals surface area contributed by atoms with E-state index in [1.54, 1.807) is 6.92 Å². The van der Waals surface area contributed by atoms with Crippen molar-refractivity contribution in [1.29, 1.82) is 0 Å². The van der Waals surface area contributed by atoms with Crippen molar-refractivity contribution in [2.24, 2.45) is 0 Å². The molecular weight excluding hydrogens is 306 g/mol. The summed E-state index contributed by atoms with van der Waals surface area (Å²) in [6.45, 7) is 3.74. The van der Waals surface area contributed by atoms with Gasteiger partial charge in [-0.25, -0.2) is 0 Å². The number of nitrogens with one attached hydrogen (secondary N) is 1. The Balaban J connectivity index is 1.66. The normalized spacial score (nSPS) is 16.6. The van der Waals surface area contributed by atoms with E-state index in [0.29, 0.717) is 17.5 Å². The molecule has 0 unspecified atom stereocenters. The lowest BCUT2D eigenvalue weighted by Gasteiger charge is -2.35. The Morgan fingerprint density at radius 3 is 2.54 bits per heavy atom. The summed E-state index contributed by atoms with van der Waals surface area (Å²) in [5, 5.41) is 7.15. The van der Waals surface area contributed by atoms with E-state index in [2.05, 4.69) is 15.5 Å². The van der Waals surface area contributed by atoms with Crippen molar-refractivity contribution in [1.82, 2.24) is 15.5 Å². The number of carbonyl (C=O) groups excluding carboxylic acids is 1. The fourth-order valence-corrected chi connectivity index (χ4v) is 3.14. The van der Waals surface area contributed by atoms with Crippen LogP contribution in [-0.4, -0.2) is 22.7 Å². The molecule has 0 bridgehead atoms. The third-order valence-corrected chi connectivity index (χ3v) is 4.43. The van der Waals surface area contributed by atoms with Crippen molar-refractivity contribution in [3.05, 3.63) is 41.5 Å². The number of hydrogen-bond acceptors (Lipinski definition) is 5. The molecule has 0 atom stereocenters. The molecule has 2 aromatic rings. The van der Waals surface area contributed by atoms with Gasteiger partial charge in [0.25, 0.3) is 5.91 Å². The van der Waals surface area contributed by atoms with Crippen molar-refractivity contribution < 1.29 is 14.1 Å². The van der Waals surface area contributed by atoms with Crippen LogP contribution in [0, 0.1) is 13.8 Å². The van der Waals surface area contributed by atoms with Gasteiger partial charge in [-0.05, 0) is 31.9 Å². The number of benzene rings is 1. The minimum atomic E-state index is -0.538. The number of hydrogen-bond donors (Lipinski definition) is 1. The maximum Gasteiger partial charge on any atom is 0.258 e. The number of amides is 1. The van der Waals surface area contributed by atoms with Crippen molar-refractivity contribution in [2.45, 2.75) is 51.5 Å². The lowest BCUT2D eigenvalue weighted by atomic mass is 9.81. The first-order valence-corrected chi connectivity index (χ1v) is 8.39. The summed E-state index contributed by atoms with van der Waals surface area (Å²) in [5.74, 6) is 1.60. The predicted octanol–water partition coefficient (Wildman–Crippen LogP) is 3.04. The summed E-state index contributed by atoms with van der Waals surface area (Å²) in [7, 11) is 0. The Hall–Kier alpha value is -2.37. The maximum absolute atomic E-state index is 12.4. The second-order valence-corrected chi connectivity index (χ2v) is 6.43. The van der Waals surface area contributed by atoms with Crippen molar-refractivity contribution in [2.75, 3.05) is 6.61 Å². The zero-order valence-corrected chi connectivity index (χ0v) is 14.2. The molecule has 0 aliphatic heterocycles. The zero-order valence-electron chi connectivity index (χ0n) is 14.2. The Morgan fingerprint density at radius 2 is 1.92 bits per heavy atom. The number of aryl methyl sites for hydroxylation is 2. The van der Waals surface area contributed by atoms with Crippen LogP contribution in [0.2, 0.25) is 0 Å². The van der Waals surface area contributed by atoms with E-state index in [1.807, 2.05) is 31.2 Å². The summed E-state index contributed by atoms with van der Waals surface area (Å²) in [6.07, 6.45) is 4.87. The molecule has 1 fully saturated rings. The van der Waals surface area contributed by atoms with Gasteiger partial charge in [0.2, 0.25) is 5.89 Å². The second kappa shape index (κ2) is 7.03. The molecule has 0 saturated heterocycles. The first kappa shape index (κ1) is 16.5. The van der Waals surface area contributed by atoms with Gasteiger partial charge in [-0.1, -0.05) is 42.1 Å². The molecule has 1 aromatic heterocycles. The number of ether oxygens (including phenoxy) is 1. The molecule has 24 heavy (non-hydrogen) atoms. The topological polar surface area (TPSA) is 77.2 Å². The molecule has 128 valence electrons. The number of aromatic nitrogens is 2. The summed E-state index contributed by atoms with van der Waals surface area (Å²) in [6, 6.07) is 7.64. The van der Waals surface area contributed by atoms with E-state index in [0.717, 1.165) is 37.7 Å². The van der Waals surface area contributed by atoms with Gasteiger partial charge in [-0.15, -0.1) is 0 Å². The van der Waals surface area contributed by atoms with Crippen LogP contribution in [0.1, 0.15) is 49.4 Å². The van der Waals surface area contributed by atoms with Gasteiger partial charge in [0, 0.05) is 6.92 Å². The molecule has 1 saturated carbocycles. The largest absolute Gasteiger partial charge is 0.484 e. The lowest BCUT2D eigenvalue weighted by Crippen LogP contribution is -2.49. The minimum absolute atomic E-state index is 0.0261. The molecule has 3 rings (SSSR count). The van der Waals surface area contributed by atoms with Crippen LogP contribution in [0.4, 0.5) is 0 Å². The third-order valence-electron chi connectivity index (χ3n) is 4.43.